The van der Waals surface area contributed by atoms with Crippen LogP contribution < -0.4 is 29.6 Å². The maximum absolute atomic E-state index is 11.9. The molecule has 1 aromatic heterocycles. The van der Waals surface area contributed by atoms with E-state index in [1.165, 1.54) is 6.33 Å². The van der Waals surface area contributed by atoms with Gasteiger partial charge in [-0.25, -0.2) is 18.4 Å². The quantitative estimate of drug-likeness (QED) is 0.368. The van der Waals surface area contributed by atoms with Gasteiger partial charge in [-0.1, -0.05) is 6.07 Å². The molecule has 0 atom stereocenters. The summed E-state index contributed by atoms with van der Waals surface area (Å²) in [5.41, 5.74) is 2.56. The molecule has 5 rings (SSSR count). The van der Waals surface area contributed by atoms with Crippen molar-refractivity contribution in [1.82, 2.24) is 20.2 Å². The van der Waals surface area contributed by atoms with Crippen molar-refractivity contribution in [3.05, 3.63) is 36.2 Å². The first kappa shape index (κ1) is 29.6. The number of nitrogens with one attached hydrogen (secondary N) is 2. The van der Waals surface area contributed by atoms with Gasteiger partial charge < -0.3 is 34.5 Å². The monoisotopic (exact) mass is 599 g/mol. The normalized spacial score (nSPS) is 15.7. The summed E-state index contributed by atoms with van der Waals surface area (Å²) in [5, 5.41) is 7.00. The molecular formula is C29H37N5O7S. The SMILES string of the molecule is CN1CCCCCOc2cc3c(ncnc3cc2OCCCNC(=O)CCS(C)(=O)=O)Nc2c(ccc3c2OCO3)C1. The average Bonchev–Trinajstić information content (AvgIpc) is 3.43. The Morgan fingerprint density at radius 1 is 1.12 bits per heavy atom. The predicted molar refractivity (Wildman–Crippen MR) is 159 cm³/mol. The first-order valence-electron chi connectivity index (χ1n) is 14.1. The van der Waals surface area contributed by atoms with Crippen LogP contribution in [0.3, 0.4) is 0 Å². The lowest BCUT2D eigenvalue weighted by Gasteiger charge is -2.20. The Balaban J connectivity index is 1.36. The summed E-state index contributed by atoms with van der Waals surface area (Å²) in [6.07, 6.45) is 6.06. The van der Waals surface area contributed by atoms with E-state index < -0.39 is 9.84 Å². The predicted octanol–water partition coefficient (Wildman–Crippen LogP) is 3.42. The van der Waals surface area contributed by atoms with Crippen molar-refractivity contribution in [1.29, 1.82) is 0 Å². The number of rotatable bonds is 8. The minimum Gasteiger partial charge on any atom is -0.490 e. The number of sulfone groups is 1. The minimum absolute atomic E-state index is 0.0544. The van der Waals surface area contributed by atoms with Crippen LogP contribution in [0.25, 0.3) is 10.9 Å². The number of carbonyl (C=O) groups excluding carboxylic acids is 1. The van der Waals surface area contributed by atoms with Gasteiger partial charge in [0.1, 0.15) is 22.0 Å². The Kier molecular flexibility index (Phi) is 9.48. The van der Waals surface area contributed by atoms with Gasteiger partial charge in [0.25, 0.3) is 0 Å². The second-order valence-electron chi connectivity index (χ2n) is 10.6. The molecule has 13 heteroatoms. The number of aromatic nitrogens is 2. The fourth-order valence-electron chi connectivity index (χ4n) is 4.85. The van der Waals surface area contributed by atoms with E-state index in [0.717, 1.165) is 55.2 Å². The Hall–Kier alpha value is -3.84. The summed E-state index contributed by atoms with van der Waals surface area (Å²) in [6, 6.07) is 7.73. The zero-order valence-corrected chi connectivity index (χ0v) is 24.8. The van der Waals surface area contributed by atoms with E-state index in [0.29, 0.717) is 60.5 Å². The minimum atomic E-state index is -3.18. The van der Waals surface area contributed by atoms with Gasteiger partial charge in [-0.15, -0.1) is 0 Å². The van der Waals surface area contributed by atoms with Crippen LogP contribution in [-0.2, 0) is 21.2 Å². The van der Waals surface area contributed by atoms with Gasteiger partial charge in [-0.3, -0.25) is 4.79 Å². The standard InChI is InChI=1S/C29H37N5O7S/c1-34-11-4-3-5-12-38-24-15-21-22(16-25(24)39-13-6-10-30-26(35)9-14-42(2,36)37)31-18-32-29(21)33-27-20(17-34)7-8-23-28(27)41-19-40-23/h7-8,15-16,18H,3-6,9-14,17,19H2,1-2H3,(H,30,35)(H,31,32,33). The van der Waals surface area contributed by atoms with Crippen molar-refractivity contribution < 1.29 is 32.2 Å². The molecule has 0 unspecified atom stereocenters. The third-order valence-electron chi connectivity index (χ3n) is 7.05. The van der Waals surface area contributed by atoms with E-state index in [2.05, 4.69) is 38.6 Å². The van der Waals surface area contributed by atoms with E-state index in [1.807, 2.05) is 18.2 Å². The summed E-state index contributed by atoms with van der Waals surface area (Å²) in [6.45, 7) is 3.08. The lowest BCUT2D eigenvalue weighted by Crippen LogP contribution is -2.27. The van der Waals surface area contributed by atoms with Crippen LogP contribution >= 0.6 is 0 Å². The highest BCUT2D eigenvalue weighted by Crippen LogP contribution is 2.44. The molecule has 226 valence electrons. The number of fused-ring (bicyclic) bond motifs is 4. The third kappa shape index (κ3) is 7.71. The number of hydrogen-bond acceptors (Lipinski definition) is 11. The fraction of sp³-hybridized carbons (Fsp3) is 0.483. The number of amides is 1. The highest BCUT2D eigenvalue weighted by Gasteiger charge is 2.23. The van der Waals surface area contributed by atoms with Crippen molar-refractivity contribution in [2.24, 2.45) is 0 Å². The van der Waals surface area contributed by atoms with Crippen LogP contribution in [0.15, 0.2) is 30.6 Å². The molecule has 3 aromatic rings. The van der Waals surface area contributed by atoms with Crippen molar-refractivity contribution in [2.75, 3.05) is 57.5 Å². The lowest BCUT2D eigenvalue weighted by molar-refractivity contribution is -0.120. The maximum Gasteiger partial charge on any atom is 0.231 e. The van der Waals surface area contributed by atoms with Gasteiger partial charge in [0.15, 0.2) is 23.0 Å². The van der Waals surface area contributed by atoms with Gasteiger partial charge in [0, 0.05) is 37.2 Å². The molecule has 2 aliphatic heterocycles. The topological polar surface area (TPSA) is 141 Å². The number of ether oxygens (including phenoxy) is 4. The van der Waals surface area contributed by atoms with Crippen LogP contribution in [-0.4, -0.2) is 81.3 Å². The highest BCUT2D eigenvalue weighted by atomic mass is 32.2. The van der Waals surface area contributed by atoms with E-state index >= 15 is 0 Å². The Labute approximate surface area is 245 Å². The number of benzene rings is 2. The maximum atomic E-state index is 11.9. The highest BCUT2D eigenvalue weighted by molar-refractivity contribution is 7.90. The summed E-state index contributed by atoms with van der Waals surface area (Å²) in [7, 11) is -1.07. The Morgan fingerprint density at radius 2 is 2.00 bits per heavy atom. The lowest BCUT2D eigenvalue weighted by atomic mass is 10.1. The fourth-order valence-corrected chi connectivity index (χ4v) is 5.41. The third-order valence-corrected chi connectivity index (χ3v) is 8.00. The molecule has 1 amide bonds. The molecule has 42 heavy (non-hydrogen) atoms. The average molecular weight is 600 g/mol. The van der Waals surface area contributed by atoms with Crippen molar-refractivity contribution in [3.8, 4) is 23.0 Å². The molecule has 0 saturated carbocycles. The molecule has 0 fully saturated rings. The molecule has 2 bridgehead atoms. The first-order valence-corrected chi connectivity index (χ1v) is 16.2. The summed E-state index contributed by atoms with van der Waals surface area (Å²) in [4.78, 5) is 23.2. The molecular weight excluding hydrogens is 562 g/mol. The van der Waals surface area contributed by atoms with Crippen molar-refractivity contribution in [2.45, 2.75) is 38.6 Å². The van der Waals surface area contributed by atoms with Crippen LogP contribution in [0.1, 0.15) is 37.7 Å². The van der Waals surface area contributed by atoms with Crippen LogP contribution in [0, 0.1) is 0 Å². The van der Waals surface area contributed by atoms with Crippen LogP contribution in [0.2, 0.25) is 0 Å². The zero-order chi connectivity index (χ0) is 29.5. The molecule has 3 heterocycles. The summed E-state index contributed by atoms with van der Waals surface area (Å²) >= 11 is 0. The summed E-state index contributed by atoms with van der Waals surface area (Å²) in [5.74, 6) is 2.63. The number of hydrogen-bond donors (Lipinski definition) is 2. The molecule has 0 spiro atoms. The first-order chi connectivity index (χ1) is 20.3. The summed E-state index contributed by atoms with van der Waals surface area (Å²) < 4.78 is 46.3. The number of nitrogens with zero attached hydrogens (tertiary/aromatic N) is 3. The van der Waals surface area contributed by atoms with Gasteiger partial charge in [-0.05, 0) is 57.0 Å². The second-order valence-corrected chi connectivity index (χ2v) is 12.8. The van der Waals surface area contributed by atoms with Crippen molar-refractivity contribution in [3.63, 3.8) is 0 Å². The van der Waals surface area contributed by atoms with E-state index in [1.54, 1.807) is 0 Å². The van der Waals surface area contributed by atoms with Crippen molar-refractivity contribution >= 4 is 38.2 Å². The van der Waals surface area contributed by atoms with Gasteiger partial charge in [0.2, 0.25) is 12.7 Å². The molecule has 0 saturated heterocycles. The molecule has 2 aromatic carbocycles. The number of carbonyl (C=O) groups is 1. The molecule has 0 radical (unpaired) electrons. The van der Waals surface area contributed by atoms with Gasteiger partial charge >= 0.3 is 0 Å². The molecule has 2 aliphatic rings. The zero-order valence-electron chi connectivity index (χ0n) is 24.0. The van der Waals surface area contributed by atoms with E-state index in [9.17, 15) is 13.2 Å². The van der Waals surface area contributed by atoms with Crippen LogP contribution in [0.4, 0.5) is 11.5 Å². The Morgan fingerprint density at radius 3 is 2.86 bits per heavy atom. The smallest absolute Gasteiger partial charge is 0.231 e. The van der Waals surface area contributed by atoms with E-state index in [-0.39, 0.29) is 24.9 Å². The largest absolute Gasteiger partial charge is 0.490 e. The van der Waals surface area contributed by atoms with Crippen LogP contribution in [0.5, 0.6) is 23.0 Å². The molecule has 2 N–H and O–H groups in total. The van der Waals surface area contributed by atoms with Gasteiger partial charge in [-0.2, -0.15) is 0 Å². The molecule has 0 aliphatic carbocycles. The second kappa shape index (κ2) is 13.4. The van der Waals surface area contributed by atoms with Gasteiger partial charge in [0.05, 0.1) is 30.2 Å². The Bertz CT molecular complexity index is 1530. The number of anilines is 2. The van der Waals surface area contributed by atoms with E-state index in [4.69, 9.17) is 18.9 Å². The molecule has 12 nitrogen and oxygen atoms in total.